The Bertz CT molecular complexity index is 1810. The third-order valence-electron chi connectivity index (χ3n) is 7.44. The van der Waals surface area contributed by atoms with Gasteiger partial charge in [-0.2, -0.15) is 11.3 Å². The maximum Gasteiger partial charge on any atom is 0.163 e. The summed E-state index contributed by atoms with van der Waals surface area (Å²) in [6.45, 7) is 6.04. The van der Waals surface area contributed by atoms with Crippen molar-refractivity contribution in [2.24, 2.45) is 0 Å². The number of carbonyl (C=O) groups is 2. The fourth-order valence-electron chi connectivity index (χ4n) is 5.23. The molecule has 40 heavy (non-hydrogen) atoms. The first kappa shape index (κ1) is 27.0. The van der Waals surface area contributed by atoms with Crippen molar-refractivity contribution in [3.8, 4) is 34.1 Å². The van der Waals surface area contributed by atoms with Crippen molar-refractivity contribution in [3.63, 3.8) is 0 Å². The standard InChI is InChI=1S/C32H29NO6S/c1-15-9-22(17(3)34)31(38)25(29(15)36)12-24-21-6-5-19(20-7-8-40-14-20)11-27(21)33-28(24)13-26-30(37)16(2)10-23(18(4)35)32(26)39/h5-11,14,33,36-39H,12-13H2,1-4H3. The lowest BCUT2D eigenvalue weighted by atomic mass is 9.92. The van der Waals surface area contributed by atoms with Crippen LogP contribution in [0.15, 0.2) is 47.2 Å². The van der Waals surface area contributed by atoms with Crippen LogP contribution in [0.1, 0.15) is 68.1 Å². The first-order valence-electron chi connectivity index (χ1n) is 12.7. The van der Waals surface area contributed by atoms with Gasteiger partial charge < -0.3 is 25.4 Å². The number of H-pyrrole nitrogens is 1. The number of hydrogen-bond donors (Lipinski definition) is 5. The van der Waals surface area contributed by atoms with Crippen LogP contribution in [0.4, 0.5) is 0 Å². The normalized spacial score (nSPS) is 11.3. The number of fused-ring (bicyclic) bond motifs is 1. The number of hydrogen-bond acceptors (Lipinski definition) is 7. The van der Waals surface area contributed by atoms with Gasteiger partial charge in [0.1, 0.15) is 23.0 Å². The molecule has 0 aliphatic carbocycles. The third-order valence-corrected chi connectivity index (χ3v) is 8.12. The number of thiophene rings is 1. The number of phenolic OH excluding ortho intramolecular Hbond substituents is 4. The highest BCUT2D eigenvalue weighted by atomic mass is 32.1. The second-order valence-corrected chi connectivity index (χ2v) is 10.9. The molecule has 0 saturated heterocycles. The van der Waals surface area contributed by atoms with E-state index < -0.39 is 0 Å². The summed E-state index contributed by atoms with van der Waals surface area (Å²) in [6.07, 6.45) is 0.115. The summed E-state index contributed by atoms with van der Waals surface area (Å²) in [7, 11) is 0. The number of benzene rings is 3. The van der Waals surface area contributed by atoms with E-state index in [1.165, 1.54) is 26.0 Å². The maximum absolute atomic E-state index is 12.2. The van der Waals surface area contributed by atoms with Crippen LogP contribution in [0.3, 0.4) is 0 Å². The first-order valence-corrected chi connectivity index (χ1v) is 13.7. The summed E-state index contributed by atoms with van der Waals surface area (Å²) in [6, 6.07) is 10.9. The van der Waals surface area contributed by atoms with Crippen molar-refractivity contribution in [1.82, 2.24) is 4.98 Å². The number of nitrogens with one attached hydrogen (secondary N) is 1. The van der Waals surface area contributed by atoms with E-state index >= 15 is 0 Å². The molecule has 5 rings (SSSR count). The minimum Gasteiger partial charge on any atom is -0.507 e. The Labute approximate surface area is 235 Å². The third kappa shape index (κ3) is 4.60. The second-order valence-electron chi connectivity index (χ2n) is 10.2. The number of aromatic nitrogens is 1. The Balaban J connectivity index is 1.73. The molecule has 7 nitrogen and oxygen atoms in total. The topological polar surface area (TPSA) is 131 Å². The molecule has 0 saturated carbocycles. The minimum absolute atomic E-state index is 0.0460. The van der Waals surface area contributed by atoms with Crippen LogP contribution >= 0.6 is 11.3 Å². The molecule has 0 fully saturated rings. The predicted molar refractivity (Wildman–Crippen MR) is 156 cm³/mol. The Morgan fingerprint density at radius 1 is 0.725 bits per heavy atom. The van der Waals surface area contributed by atoms with Gasteiger partial charge in [-0.25, -0.2) is 0 Å². The summed E-state index contributed by atoms with van der Waals surface area (Å²) in [5.74, 6) is -1.47. The summed E-state index contributed by atoms with van der Waals surface area (Å²) in [5, 5.41) is 48.6. The van der Waals surface area contributed by atoms with Gasteiger partial charge in [-0.1, -0.05) is 12.1 Å². The van der Waals surface area contributed by atoms with Crippen LogP contribution in [-0.4, -0.2) is 37.0 Å². The smallest absolute Gasteiger partial charge is 0.163 e. The van der Waals surface area contributed by atoms with Gasteiger partial charge in [0.2, 0.25) is 0 Å². The highest BCUT2D eigenvalue weighted by Crippen LogP contribution is 2.41. The molecule has 8 heteroatoms. The fraction of sp³-hybridized carbons (Fsp3) is 0.188. The Morgan fingerprint density at radius 2 is 1.30 bits per heavy atom. The van der Waals surface area contributed by atoms with Crippen LogP contribution in [0.2, 0.25) is 0 Å². The van der Waals surface area contributed by atoms with Gasteiger partial charge >= 0.3 is 0 Å². The molecule has 0 bridgehead atoms. The van der Waals surface area contributed by atoms with E-state index in [0.29, 0.717) is 22.4 Å². The molecule has 0 radical (unpaired) electrons. The second kappa shape index (κ2) is 10.2. The fourth-order valence-corrected chi connectivity index (χ4v) is 5.89. The van der Waals surface area contributed by atoms with Crippen molar-refractivity contribution in [2.75, 3.05) is 0 Å². The van der Waals surface area contributed by atoms with Crippen LogP contribution in [0.25, 0.3) is 22.0 Å². The molecule has 2 heterocycles. The van der Waals surface area contributed by atoms with Gasteiger partial charge in [0, 0.05) is 40.6 Å². The predicted octanol–water partition coefficient (Wildman–Crippen LogP) is 6.92. The lowest BCUT2D eigenvalue weighted by molar-refractivity contribution is 0.100. The van der Waals surface area contributed by atoms with Crippen molar-refractivity contribution in [1.29, 1.82) is 0 Å². The molecule has 0 unspecified atom stereocenters. The zero-order chi connectivity index (χ0) is 28.9. The molecule has 0 atom stereocenters. The van der Waals surface area contributed by atoms with E-state index in [1.54, 1.807) is 25.2 Å². The zero-order valence-electron chi connectivity index (χ0n) is 22.5. The summed E-state index contributed by atoms with van der Waals surface area (Å²) in [5.41, 5.74) is 5.71. The number of Topliss-reactive ketones (excluding diaryl/α,β-unsaturated/α-hetero) is 2. The molecule has 0 amide bonds. The van der Waals surface area contributed by atoms with E-state index in [9.17, 15) is 30.0 Å². The van der Waals surface area contributed by atoms with Crippen molar-refractivity contribution < 1.29 is 30.0 Å². The molecular formula is C32H29NO6S. The number of aromatic amines is 1. The molecular weight excluding hydrogens is 526 g/mol. The Morgan fingerprint density at radius 3 is 1.82 bits per heavy atom. The summed E-state index contributed by atoms with van der Waals surface area (Å²) in [4.78, 5) is 27.8. The quantitative estimate of drug-likeness (QED) is 0.139. The van der Waals surface area contributed by atoms with Crippen molar-refractivity contribution in [2.45, 2.75) is 40.5 Å². The minimum atomic E-state index is -0.328. The average molecular weight is 556 g/mol. The van der Waals surface area contributed by atoms with E-state index in [0.717, 1.165) is 22.0 Å². The van der Waals surface area contributed by atoms with Gasteiger partial charge in [0.25, 0.3) is 0 Å². The van der Waals surface area contributed by atoms with Crippen LogP contribution in [0, 0.1) is 13.8 Å². The highest BCUT2D eigenvalue weighted by molar-refractivity contribution is 7.08. The summed E-state index contributed by atoms with van der Waals surface area (Å²) >= 11 is 1.59. The van der Waals surface area contributed by atoms with Crippen LogP contribution in [-0.2, 0) is 12.8 Å². The Hall–Kier alpha value is -4.56. The molecule has 3 aromatic carbocycles. The number of rotatable bonds is 7. The largest absolute Gasteiger partial charge is 0.507 e. The first-order chi connectivity index (χ1) is 19.0. The number of ketones is 2. The zero-order valence-corrected chi connectivity index (χ0v) is 23.4. The number of aromatic hydroxyl groups is 4. The number of phenols is 4. The van der Waals surface area contributed by atoms with Crippen LogP contribution in [0.5, 0.6) is 23.0 Å². The van der Waals surface area contributed by atoms with Gasteiger partial charge in [0.05, 0.1) is 11.1 Å². The van der Waals surface area contributed by atoms with Gasteiger partial charge in [-0.3, -0.25) is 9.59 Å². The van der Waals surface area contributed by atoms with Gasteiger partial charge in [-0.05, 0) is 90.5 Å². The monoisotopic (exact) mass is 555 g/mol. The van der Waals surface area contributed by atoms with E-state index in [-0.39, 0.29) is 69.7 Å². The van der Waals surface area contributed by atoms with E-state index in [4.69, 9.17) is 0 Å². The van der Waals surface area contributed by atoms with Crippen LogP contribution < -0.4 is 0 Å². The molecule has 2 aromatic heterocycles. The molecule has 5 aromatic rings. The SMILES string of the molecule is CC(=O)c1cc(C)c(O)c(Cc2[nH]c3cc(-c4ccsc4)ccc3c2Cc2c(O)c(C)cc(C(C)=O)c2O)c1O. The molecule has 0 aliphatic heterocycles. The molecule has 204 valence electrons. The van der Waals surface area contributed by atoms with E-state index in [1.807, 2.05) is 35.0 Å². The molecule has 5 N–H and O–H groups in total. The van der Waals surface area contributed by atoms with Gasteiger partial charge in [0.15, 0.2) is 11.6 Å². The summed E-state index contributed by atoms with van der Waals surface area (Å²) < 4.78 is 0. The molecule has 0 aliphatic rings. The van der Waals surface area contributed by atoms with E-state index in [2.05, 4.69) is 4.98 Å². The molecule has 0 spiro atoms. The maximum atomic E-state index is 12.2. The number of carbonyl (C=O) groups excluding carboxylic acids is 2. The lowest BCUT2D eigenvalue weighted by Crippen LogP contribution is -2.03. The Kier molecular flexibility index (Phi) is 6.89. The van der Waals surface area contributed by atoms with Crippen molar-refractivity contribution in [3.05, 3.63) is 91.8 Å². The lowest BCUT2D eigenvalue weighted by Gasteiger charge is -2.15. The average Bonchev–Trinajstić information content (AvgIpc) is 3.56. The van der Waals surface area contributed by atoms with Gasteiger partial charge in [-0.15, -0.1) is 0 Å². The number of aryl methyl sites for hydroxylation is 2. The van der Waals surface area contributed by atoms with Crippen molar-refractivity contribution >= 4 is 33.8 Å². The highest BCUT2D eigenvalue weighted by Gasteiger charge is 2.24.